The van der Waals surface area contributed by atoms with Crippen molar-refractivity contribution in [3.05, 3.63) is 83.4 Å². The molecule has 0 fully saturated rings. The van der Waals surface area contributed by atoms with E-state index in [-0.39, 0.29) is 23.1 Å². The largest absolute Gasteiger partial charge is 0.497 e. The highest BCUT2D eigenvalue weighted by atomic mass is 16.5. The molecule has 3 rings (SSSR count). The molecule has 180 valence electrons. The van der Waals surface area contributed by atoms with E-state index >= 15 is 0 Å². The van der Waals surface area contributed by atoms with Crippen LogP contribution in [0, 0.1) is 0 Å². The van der Waals surface area contributed by atoms with Crippen LogP contribution in [0.5, 0.6) is 11.5 Å². The van der Waals surface area contributed by atoms with Gasteiger partial charge in [-0.2, -0.15) is 5.11 Å². The number of carbonyl (C=O) groups excluding carboxylic acids is 3. The Hall–Kier alpha value is -4.33. The molecule has 0 aromatic heterocycles. The Labute approximate surface area is 203 Å². The van der Waals surface area contributed by atoms with E-state index in [0.717, 1.165) is 12.8 Å². The maximum atomic E-state index is 12.4. The fourth-order valence-electron chi connectivity index (χ4n) is 3.01. The van der Waals surface area contributed by atoms with Crippen LogP contribution in [0.25, 0.3) is 0 Å². The molecule has 3 aromatic rings. The second-order valence-electron chi connectivity index (χ2n) is 7.59. The Balaban J connectivity index is 1.71. The number of nitrogens with zero attached hydrogens (tertiary/aromatic N) is 2. The van der Waals surface area contributed by atoms with Gasteiger partial charge in [0.2, 0.25) is 0 Å². The predicted molar refractivity (Wildman–Crippen MR) is 130 cm³/mol. The first-order chi connectivity index (χ1) is 16.9. The number of unbranched alkanes of at least 4 members (excludes halogenated alkanes) is 1. The van der Waals surface area contributed by atoms with E-state index in [1.165, 1.54) is 26.2 Å². The van der Waals surface area contributed by atoms with Gasteiger partial charge in [-0.15, -0.1) is 5.11 Å². The Morgan fingerprint density at radius 2 is 1.43 bits per heavy atom. The van der Waals surface area contributed by atoms with Crippen LogP contribution in [0.4, 0.5) is 11.4 Å². The van der Waals surface area contributed by atoms with Crippen molar-refractivity contribution in [3.63, 3.8) is 0 Å². The maximum Gasteiger partial charge on any atom is 0.343 e. The molecular formula is C27H26N2O6. The normalized spacial score (nSPS) is 10.7. The summed E-state index contributed by atoms with van der Waals surface area (Å²) >= 11 is 0. The second-order valence-corrected chi connectivity index (χ2v) is 7.59. The van der Waals surface area contributed by atoms with Crippen LogP contribution >= 0.6 is 0 Å². The Morgan fingerprint density at radius 1 is 0.800 bits per heavy atom. The number of hydrogen-bond donors (Lipinski definition) is 0. The van der Waals surface area contributed by atoms with Gasteiger partial charge in [0, 0.05) is 5.56 Å². The van der Waals surface area contributed by atoms with E-state index in [2.05, 4.69) is 10.2 Å². The minimum Gasteiger partial charge on any atom is -0.497 e. The highest BCUT2D eigenvalue weighted by Crippen LogP contribution is 2.28. The van der Waals surface area contributed by atoms with E-state index in [9.17, 15) is 14.4 Å². The molecule has 0 N–H and O–H groups in total. The Bertz CT molecular complexity index is 1220. The highest BCUT2D eigenvalue weighted by molar-refractivity contribution is 5.99. The van der Waals surface area contributed by atoms with Crippen LogP contribution in [-0.2, 0) is 4.74 Å². The zero-order valence-corrected chi connectivity index (χ0v) is 19.8. The van der Waals surface area contributed by atoms with E-state index in [1.54, 1.807) is 54.6 Å². The molecule has 0 amide bonds. The summed E-state index contributed by atoms with van der Waals surface area (Å²) in [5.74, 6) is -0.380. The average Bonchev–Trinajstić information content (AvgIpc) is 2.88. The summed E-state index contributed by atoms with van der Waals surface area (Å²) in [4.78, 5) is 36.6. The Kier molecular flexibility index (Phi) is 8.83. The molecule has 0 spiro atoms. The number of Topliss-reactive ketones (excluding diaryl/α,β-unsaturated/α-hetero) is 1. The molecule has 0 heterocycles. The smallest absolute Gasteiger partial charge is 0.343 e. The number of benzene rings is 3. The number of hydrogen-bond acceptors (Lipinski definition) is 8. The molecule has 0 aliphatic carbocycles. The standard InChI is InChI=1S/C27H26N2O6/c1-4-5-16-34-26(31)19-6-10-21(11-7-19)28-29-25-15-14-23(17-24(25)18(2)30)35-27(32)20-8-12-22(33-3)13-9-20/h6-15,17H,4-5,16H2,1-3H3. The number of ether oxygens (including phenoxy) is 3. The monoisotopic (exact) mass is 474 g/mol. The number of esters is 2. The zero-order chi connectivity index (χ0) is 25.2. The van der Waals surface area contributed by atoms with Crippen LogP contribution in [0.3, 0.4) is 0 Å². The van der Waals surface area contributed by atoms with Crippen LogP contribution in [0.1, 0.15) is 57.8 Å². The van der Waals surface area contributed by atoms with Gasteiger partial charge in [-0.3, -0.25) is 4.79 Å². The molecule has 0 atom stereocenters. The highest BCUT2D eigenvalue weighted by Gasteiger charge is 2.13. The third-order valence-corrected chi connectivity index (χ3v) is 4.99. The van der Waals surface area contributed by atoms with Crippen molar-refractivity contribution in [2.24, 2.45) is 10.2 Å². The maximum absolute atomic E-state index is 12.4. The first-order valence-corrected chi connectivity index (χ1v) is 11.1. The molecule has 0 radical (unpaired) electrons. The summed E-state index contributed by atoms with van der Waals surface area (Å²) in [6.45, 7) is 3.80. The number of rotatable bonds is 10. The molecule has 8 heteroatoms. The summed E-state index contributed by atoms with van der Waals surface area (Å²) in [6.07, 6.45) is 1.76. The second kappa shape index (κ2) is 12.2. The number of ketones is 1. The van der Waals surface area contributed by atoms with Crippen molar-refractivity contribution in [1.29, 1.82) is 0 Å². The minimum absolute atomic E-state index is 0.209. The zero-order valence-electron chi connectivity index (χ0n) is 19.8. The van der Waals surface area contributed by atoms with Crippen molar-refractivity contribution in [2.75, 3.05) is 13.7 Å². The van der Waals surface area contributed by atoms with Crippen LogP contribution in [0.2, 0.25) is 0 Å². The summed E-state index contributed by atoms with van der Waals surface area (Å²) in [5.41, 5.74) is 1.85. The quantitative estimate of drug-likeness (QED) is 0.109. The third kappa shape index (κ3) is 7.07. The predicted octanol–water partition coefficient (Wildman–Crippen LogP) is 6.49. The van der Waals surface area contributed by atoms with Gasteiger partial charge in [0.25, 0.3) is 0 Å². The van der Waals surface area contributed by atoms with Crippen molar-refractivity contribution >= 4 is 29.1 Å². The van der Waals surface area contributed by atoms with E-state index in [4.69, 9.17) is 14.2 Å². The molecule has 35 heavy (non-hydrogen) atoms. The van der Waals surface area contributed by atoms with Gasteiger partial charge in [0.1, 0.15) is 11.5 Å². The summed E-state index contributed by atoms with van der Waals surface area (Å²) in [5, 5.41) is 8.31. The van der Waals surface area contributed by atoms with E-state index in [1.807, 2.05) is 6.92 Å². The Morgan fingerprint density at radius 3 is 2.06 bits per heavy atom. The third-order valence-electron chi connectivity index (χ3n) is 4.99. The van der Waals surface area contributed by atoms with E-state index in [0.29, 0.717) is 34.9 Å². The van der Waals surface area contributed by atoms with Crippen LogP contribution in [-0.4, -0.2) is 31.4 Å². The van der Waals surface area contributed by atoms with Gasteiger partial charge < -0.3 is 14.2 Å². The number of azo groups is 1. The van der Waals surface area contributed by atoms with Gasteiger partial charge in [-0.05, 0) is 80.1 Å². The SMILES string of the molecule is CCCCOC(=O)c1ccc(N=Nc2ccc(OC(=O)c3ccc(OC)cc3)cc2C(C)=O)cc1. The molecule has 3 aromatic carbocycles. The van der Waals surface area contributed by atoms with Crippen molar-refractivity contribution in [2.45, 2.75) is 26.7 Å². The summed E-state index contributed by atoms with van der Waals surface area (Å²) < 4.78 is 15.7. The van der Waals surface area contributed by atoms with Crippen molar-refractivity contribution in [3.8, 4) is 11.5 Å². The van der Waals surface area contributed by atoms with Gasteiger partial charge in [-0.25, -0.2) is 9.59 Å². The molecule has 0 aliphatic heterocycles. The van der Waals surface area contributed by atoms with Crippen LogP contribution < -0.4 is 9.47 Å². The lowest BCUT2D eigenvalue weighted by Gasteiger charge is -2.08. The molecule has 0 saturated carbocycles. The van der Waals surface area contributed by atoms with Crippen molar-refractivity contribution in [1.82, 2.24) is 0 Å². The lowest BCUT2D eigenvalue weighted by molar-refractivity contribution is 0.0499. The number of carbonyl (C=O) groups is 3. The van der Waals surface area contributed by atoms with Crippen molar-refractivity contribution < 1.29 is 28.6 Å². The van der Waals surface area contributed by atoms with Crippen LogP contribution in [0.15, 0.2) is 77.0 Å². The van der Waals surface area contributed by atoms with Gasteiger partial charge >= 0.3 is 11.9 Å². The molecule has 0 aliphatic rings. The first-order valence-electron chi connectivity index (χ1n) is 11.1. The topological polar surface area (TPSA) is 104 Å². The minimum atomic E-state index is -0.565. The fraction of sp³-hybridized carbons (Fsp3) is 0.222. The fourth-order valence-corrected chi connectivity index (χ4v) is 3.01. The summed E-state index contributed by atoms with van der Waals surface area (Å²) in [6, 6.07) is 17.5. The van der Waals surface area contributed by atoms with Gasteiger partial charge in [0.15, 0.2) is 5.78 Å². The first kappa shape index (κ1) is 25.3. The van der Waals surface area contributed by atoms with E-state index < -0.39 is 5.97 Å². The summed E-state index contributed by atoms with van der Waals surface area (Å²) in [7, 11) is 1.54. The molecular weight excluding hydrogens is 448 g/mol. The molecule has 0 saturated heterocycles. The van der Waals surface area contributed by atoms with Gasteiger partial charge in [0.05, 0.1) is 36.2 Å². The lowest BCUT2D eigenvalue weighted by Crippen LogP contribution is -2.08. The lowest BCUT2D eigenvalue weighted by atomic mass is 10.1. The molecule has 0 unspecified atom stereocenters. The number of methoxy groups -OCH3 is 1. The molecule has 8 nitrogen and oxygen atoms in total. The van der Waals surface area contributed by atoms with Gasteiger partial charge in [-0.1, -0.05) is 13.3 Å². The molecule has 0 bridgehead atoms. The average molecular weight is 475 g/mol.